The molecular weight excluding hydrogens is 358 g/mol. The van der Waals surface area contributed by atoms with Crippen LogP contribution in [0.25, 0.3) is 10.6 Å². The molecule has 2 aromatic heterocycles. The summed E-state index contributed by atoms with van der Waals surface area (Å²) < 4.78 is 5.68. The Morgan fingerprint density at radius 1 is 1.32 bits per heavy atom. The fourth-order valence-electron chi connectivity index (χ4n) is 3.27. The van der Waals surface area contributed by atoms with Crippen LogP contribution in [0.15, 0.2) is 40.9 Å². The smallest absolute Gasteiger partial charge is 0.259 e. The average molecular weight is 374 g/mol. The zero-order valence-electron chi connectivity index (χ0n) is 13.3. The summed E-state index contributed by atoms with van der Waals surface area (Å²) >= 11 is 7.32. The first-order valence-corrected chi connectivity index (χ1v) is 9.22. The van der Waals surface area contributed by atoms with Crippen molar-refractivity contribution in [1.82, 2.24) is 10.5 Å². The molecule has 1 atom stereocenters. The maximum Gasteiger partial charge on any atom is 0.259 e. The first-order chi connectivity index (χ1) is 12.1. The number of nitrogen functional groups attached to an aromatic ring is 1. The molecule has 0 bridgehead atoms. The molecule has 1 aliphatic carbocycles. The average Bonchev–Trinajstić information content (AvgIpc) is 3.21. The number of carbonyl (C=O) groups is 1. The second kappa shape index (κ2) is 6.54. The van der Waals surface area contributed by atoms with Crippen LogP contribution in [0.2, 0.25) is 4.34 Å². The first-order valence-electron chi connectivity index (χ1n) is 8.03. The van der Waals surface area contributed by atoms with Crippen LogP contribution >= 0.6 is 22.9 Å². The van der Waals surface area contributed by atoms with Crippen molar-refractivity contribution in [2.24, 2.45) is 0 Å². The van der Waals surface area contributed by atoms with Crippen LogP contribution < -0.4 is 11.1 Å². The van der Waals surface area contributed by atoms with Crippen molar-refractivity contribution >= 4 is 34.7 Å². The van der Waals surface area contributed by atoms with Crippen molar-refractivity contribution in [2.75, 3.05) is 5.73 Å². The summed E-state index contributed by atoms with van der Waals surface area (Å²) in [6.45, 7) is 0. The van der Waals surface area contributed by atoms with Gasteiger partial charge in [0.05, 0.1) is 15.3 Å². The van der Waals surface area contributed by atoms with Gasteiger partial charge in [0, 0.05) is 0 Å². The van der Waals surface area contributed by atoms with Crippen LogP contribution in [0, 0.1) is 0 Å². The minimum absolute atomic E-state index is 0.0149. The molecule has 3 aromatic rings. The Labute approximate surface area is 153 Å². The zero-order chi connectivity index (χ0) is 17.4. The van der Waals surface area contributed by atoms with Crippen molar-refractivity contribution in [2.45, 2.75) is 25.3 Å². The molecule has 0 fully saturated rings. The van der Waals surface area contributed by atoms with Crippen molar-refractivity contribution in [1.29, 1.82) is 0 Å². The summed E-state index contributed by atoms with van der Waals surface area (Å²) in [7, 11) is 0. The maximum absolute atomic E-state index is 12.9. The Morgan fingerprint density at radius 3 is 2.96 bits per heavy atom. The van der Waals surface area contributed by atoms with Gasteiger partial charge in [0.1, 0.15) is 11.3 Å². The van der Waals surface area contributed by atoms with Crippen LogP contribution in [0.5, 0.6) is 0 Å². The molecule has 5 nitrogen and oxygen atoms in total. The van der Waals surface area contributed by atoms with E-state index in [1.807, 2.05) is 12.1 Å². The standard InChI is InChI=1S/C18H16ClN3O2S/c19-14-9-8-13(25-14)16-15(17(20)24-22-16)18(23)21-12-7-3-5-10-4-1-2-6-11(10)12/h1-2,4,6,8-9,12H,3,5,7,20H2,(H,21,23). The Morgan fingerprint density at radius 2 is 2.16 bits per heavy atom. The van der Waals surface area contributed by atoms with Crippen LogP contribution in [-0.2, 0) is 6.42 Å². The highest BCUT2D eigenvalue weighted by Crippen LogP contribution is 2.35. The van der Waals surface area contributed by atoms with Gasteiger partial charge in [-0.1, -0.05) is 41.0 Å². The lowest BCUT2D eigenvalue weighted by Crippen LogP contribution is -2.31. The van der Waals surface area contributed by atoms with E-state index >= 15 is 0 Å². The molecular formula is C18H16ClN3O2S. The molecule has 128 valence electrons. The van der Waals surface area contributed by atoms with Gasteiger partial charge in [0.15, 0.2) is 0 Å². The van der Waals surface area contributed by atoms with E-state index in [1.165, 1.54) is 16.9 Å². The second-order valence-corrected chi connectivity index (χ2v) is 7.71. The number of amides is 1. The molecule has 3 N–H and O–H groups in total. The molecule has 1 aromatic carbocycles. The third-order valence-corrected chi connectivity index (χ3v) is 5.66. The van der Waals surface area contributed by atoms with E-state index in [9.17, 15) is 4.79 Å². The van der Waals surface area contributed by atoms with E-state index in [1.54, 1.807) is 12.1 Å². The van der Waals surface area contributed by atoms with Crippen LogP contribution in [0.4, 0.5) is 5.88 Å². The number of nitrogens with zero attached hydrogens (tertiary/aromatic N) is 1. The number of hydrogen-bond donors (Lipinski definition) is 2. The van der Waals surface area contributed by atoms with Gasteiger partial charge in [-0.15, -0.1) is 11.3 Å². The number of hydrogen-bond acceptors (Lipinski definition) is 5. The molecule has 4 rings (SSSR count). The molecule has 0 spiro atoms. The van der Waals surface area contributed by atoms with Gasteiger partial charge in [0.25, 0.3) is 5.91 Å². The Kier molecular flexibility index (Phi) is 4.23. The molecule has 1 amide bonds. The van der Waals surface area contributed by atoms with E-state index < -0.39 is 0 Å². The largest absolute Gasteiger partial charge is 0.367 e. The molecule has 2 heterocycles. The Hall–Kier alpha value is -2.31. The summed E-state index contributed by atoms with van der Waals surface area (Å²) in [6.07, 6.45) is 2.97. The van der Waals surface area contributed by atoms with E-state index in [4.69, 9.17) is 21.9 Å². The number of anilines is 1. The predicted molar refractivity (Wildman–Crippen MR) is 98.8 cm³/mol. The van der Waals surface area contributed by atoms with E-state index in [-0.39, 0.29) is 23.4 Å². The van der Waals surface area contributed by atoms with Gasteiger partial charge in [-0.3, -0.25) is 4.79 Å². The summed E-state index contributed by atoms with van der Waals surface area (Å²) in [5, 5.41) is 7.04. The van der Waals surface area contributed by atoms with Gasteiger partial charge in [-0.05, 0) is 42.5 Å². The minimum Gasteiger partial charge on any atom is -0.367 e. The number of nitrogens with two attached hydrogens (primary N) is 1. The van der Waals surface area contributed by atoms with Gasteiger partial charge in [0.2, 0.25) is 5.88 Å². The first kappa shape index (κ1) is 16.2. The molecule has 0 radical (unpaired) electrons. The number of rotatable bonds is 3. The molecule has 0 saturated carbocycles. The lowest BCUT2D eigenvalue weighted by molar-refractivity contribution is 0.0934. The monoisotopic (exact) mass is 373 g/mol. The topological polar surface area (TPSA) is 81.2 Å². The SMILES string of the molecule is Nc1onc(-c2ccc(Cl)s2)c1C(=O)NC1CCCc2ccccc21. The van der Waals surface area contributed by atoms with Gasteiger partial charge in [-0.2, -0.15) is 0 Å². The Balaban J connectivity index is 1.64. The highest BCUT2D eigenvalue weighted by atomic mass is 35.5. The molecule has 1 unspecified atom stereocenters. The van der Waals surface area contributed by atoms with Crippen molar-refractivity contribution in [3.63, 3.8) is 0 Å². The fraction of sp³-hybridized carbons (Fsp3) is 0.222. The predicted octanol–water partition coefficient (Wildman–Crippen LogP) is 4.45. The number of aromatic nitrogens is 1. The summed E-state index contributed by atoms with van der Waals surface area (Å²) in [4.78, 5) is 13.6. The highest BCUT2D eigenvalue weighted by Gasteiger charge is 2.27. The highest BCUT2D eigenvalue weighted by molar-refractivity contribution is 7.19. The van der Waals surface area contributed by atoms with Gasteiger partial charge < -0.3 is 15.6 Å². The van der Waals surface area contributed by atoms with Crippen LogP contribution in [0.1, 0.15) is 40.4 Å². The van der Waals surface area contributed by atoms with Crippen molar-refractivity contribution in [3.8, 4) is 10.6 Å². The van der Waals surface area contributed by atoms with E-state index in [2.05, 4.69) is 22.6 Å². The third kappa shape index (κ3) is 3.03. The van der Waals surface area contributed by atoms with E-state index in [0.717, 1.165) is 29.7 Å². The fourth-order valence-corrected chi connectivity index (χ4v) is 4.30. The summed E-state index contributed by atoms with van der Waals surface area (Å²) in [6, 6.07) is 11.7. The normalized spacial score (nSPS) is 16.4. The molecule has 0 aliphatic heterocycles. The lowest BCUT2D eigenvalue weighted by atomic mass is 9.87. The minimum atomic E-state index is -0.278. The molecule has 7 heteroatoms. The quantitative estimate of drug-likeness (QED) is 0.710. The number of fused-ring (bicyclic) bond motifs is 1. The zero-order valence-corrected chi connectivity index (χ0v) is 14.9. The third-order valence-electron chi connectivity index (χ3n) is 4.43. The van der Waals surface area contributed by atoms with Gasteiger partial charge in [-0.25, -0.2) is 0 Å². The maximum atomic E-state index is 12.9. The number of benzene rings is 1. The number of halogens is 1. The molecule has 0 saturated heterocycles. The second-order valence-electron chi connectivity index (χ2n) is 5.99. The summed E-state index contributed by atoms with van der Waals surface area (Å²) in [5.41, 5.74) is 9.00. The van der Waals surface area contributed by atoms with Gasteiger partial charge >= 0.3 is 0 Å². The van der Waals surface area contributed by atoms with Crippen molar-refractivity contribution in [3.05, 3.63) is 57.4 Å². The number of thiophene rings is 1. The lowest BCUT2D eigenvalue weighted by Gasteiger charge is -2.26. The molecule has 25 heavy (non-hydrogen) atoms. The molecule has 1 aliphatic rings. The van der Waals surface area contributed by atoms with Crippen LogP contribution in [0.3, 0.4) is 0 Å². The summed E-state index contributed by atoms with van der Waals surface area (Å²) in [5.74, 6) is -0.263. The number of carbonyl (C=O) groups excluding carboxylic acids is 1. The number of aryl methyl sites for hydroxylation is 1. The van der Waals surface area contributed by atoms with Crippen molar-refractivity contribution < 1.29 is 9.32 Å². The number of nitrogens with one attached hydrogen (secondary N) is 1. The van der Waals surface area contributed by atoms with E-state index in [0.29, 0.717) is 10.0 Å². The Bertz CT molecular complexity index is 934. The van der Waals surface area contributed by atoms with Crippen LogP contribution in [-0.4, -0.2) is 11.1 Å².